The molecule has 0 aromatic heterocycles. The van der Waals surface area contributed by atoms with Crippen molar-refractivity contribution in [2.24, 2.45) is 10.9 Å². The summed E-state index contributed by atoms with van der Waals surface area (Å²) >= 11 is 0. The number of carbonyl (C=O) groups excluding carboxylic acids is 1. The molecular formula is C16H27N3O3. The minimum Gasteiger partial charge on any atom is -0.511 e. The van der Waals surface area contributed by atoms with E-state index in [1.54, 1.807) is 6.21 Å². The van der Waals surface area contributed by atoms with Crippen LogP contribution in [0.2, 0.25) is 0 Å². The third-order valence-corrected chi connectivity index (χ3v) is 4.33. The Morgan fingerprint density at radius 3 is 2.41 bits per heavy atom. The third-order valence-electron chi connectivity index (χ3n) is 4.33. The molecule has 1 saturated heterocycles. The fourth-order valence-electron chi connectivity index (χ4n) is 2.98. The highest BCUT2D eigenvalue weighted by Crippen LogP contribution is 2.23. The van der Waals surface area contributed by atoms with E-state index >= 15 is 0 Å². The highest BCUT2D eigenvalue weighted by atomic mass is 16.3. The van der Waals surface area contributed by atoms with E-state index in [2.05, 4.69) is 14.8 Å². The van der Waals surface area contributed by atoms with Gasteiger partial charge in [0.15, 0.2) is 5.78 Å². The molecule has 6 nitrogen and oxygen atoms in total. The van der Waals surface area contributed by atoms with E-state index in [0.29, 0.717) is 25.0 Å². The van der Waals surface area contributed by atoms with Gasteiger partial charge in [-0.05, 0) is 5.92 Å². The molecule has 124 valence electrons. The lowest BCUT2D eigenvalue weighted by Gasteiger charge is -2.33. The second-order valence-corrected chi connectivity index (χ2v) is 6.24. The summed E-state index contributed by atoms with van der Waals surface area (Å²) in [6.45, 7) is 8.37. The Labute approximate surface area is 132 Å². The third kappa shape index (κ3) is 4.90. The summed E-state index contributed by atoms with van der Waals surface area (Å²) in [5, 5.41) is 18.8. The topological polar surface area (TPSA) is 76.4 Å². The molecule has 0 amide bonds. The van der Waals surface area contributed by atoms with Gasteiger partial charge in [0.1, 0.15) is 5.76 Å². The van der Waals surface area contributed by atoms with E-state index in [0.717, 1.165) is 39.3 Å². The lowest BCUT2D eigenvalue weighted by molar-refractivity contribution is -0.116. The summed E-state index contributed by atoms with van der Waals surface area (Å²) in [4.78, 5) is 20.8. The second kappa shape index (κ2) is 8.41. The molecule has 0 radical (unpaired) electrons. The highest BCUT2D eigenvalue weighted by molar-refractivity contribution is 6.14. The smallest absolute Gasteiger partial charge is 0.168 e. The Balaban J connectivity index is 1.73. The van der Waals surface area contributed by atoms with E-state index in [1.165, 1.54) is 0 Å². The average molecular weight is 309 g/mol. The Morgan fingerprint density at radius 1 is 1.18 bits per heavy atom. The molecule has 1 unspecified atom stereocenters. The number of ketones is 1. The van der Waals surface area contributed by atoms with Crippen LogP contribution in [0.15, 0.2) is 16.3 Å². The molecule has 0 saturated carbocycles. The molecule has 0 bridgehead atoms. The van der Waals surface area contributed by atoms with Crippen LogP contribution in [0.4, 0.5) is 0 Å². The highest BCUT2D eigenvalue weighted by Gasteiger charge is 2.23. The van der Waals surface area contributed by atoms with Crippen LogP contribution in [-0.4, -0.2) is 84.4 Å². The Hall–Kier alpha value is -1.24. The van der Waals surface area contributed by atoms with Crippen LogP contribution in [0, 0.1) is 5.92 Å². The van der Waals surface area contributed by atoms with Gasteiger partial charge in [0.05, 0.1) is 18.7 Å². The van der Waals surface area contributed by atoms with Gasteiger partial charge in [-0.1, -0.05) is 6.92 Å². The van der Waals surface area contributed by atoms with Crippen LogP contribution in [0.1, 0.15) is 19.8 Å². The number of aliphatic hydroxyl groups is 2. The number of carbonyl (C=O) groups is 1. The van der Waals surface area contributed by atoms with Gasteiger partial charge in [0.2, 0.25) is 0 Å². The van der Waals surface area contributed by atoms with Gasteiger partial charge in [-0.3, -0.25) is 19.6 Å². The number of β-amino-alcohol motifs (C(OH)–C–C–N with tert-alkyl or cyclic N) is 1. The van der Waals surface area contributed by atoms with Gasteiger partial charge in [0, 0.05) is 58.3 Å². The van der Waals surface area contributed by atoms with Gasteiger partial charge in [-0.2, -0.15) is 0 Å². The van der Waals surface area contributed by atoms with Crippen molar-refractivity contribution in [1.82, 2.24) is 9.80 Å². The number of rotatable bonds is 6. The molecule has 2 N–H and O–H groups in total. The van der Waals surface area contributed by atoms with Crippen LogP contribution in [0.3, 0.4) is 0 Å². The maximum Gasteiger partial charge on any atom is 0.168 e. The van der Waals surface area contributed by atoms with Gasteiger partial charge < -0.3 is 10.2 Å². The molecule has 1 aliphatic carbocycles. The molecule has 1 aliphatic heterocycles. The number of hydrogen-bond acceptors (Lipinski definition) is 6. The van der Waals surface area contributed by atoms with Crippen LogP contribution in [0.5, 0.6) is 0 Å². The number of allylic oxidation sites excluding steroid dienone is 2. The molecule has 0 spiro atoms. The SMILES string of the molecule is CC1CC(=O)C(C=NCCN2CCN(CCO)CC2)=C(O)C1. The first-order chi connectivity index (χ1) is 10.6. The van der Waals surface area contributed by atoms with Crippen LogP contribution >= 0.6 is 0 Å². The molecule has 2 aliphatic rings. The van der Waals surface area contributed by atoms with E-state index in [-0.39, 0.29) is 24.1 Å². The first-order valence-corrected chi connectivity index (χ1v) is 8.11. The van der Waals surface area contributed by atoms with Gasteiger partial charge in [-0.25, -0.2) is 0 Å². The predicted molar refractivity (Wildman–Crippen MR) is 86.4 cm³/mol. The van der Waals surface area contributed by atoms with Gasteiger partial charge in [-0.15, -0.1) is 0 Å². The van der Waals surface area contributed by atoms with Crippen LogP contribution in [0.25, 0.3) is 0 Å². The largest absolute Gasteiger partial charge is 0.511 e. The fourth-order valence-corrected chi connectivity index (χ4v) is 2.98. The molecule has 1 atom stereocenters. The summed E-state index contributed by atoms with van der Waals surface area (Å²) in [7, 11) is 0. The molecule has 22 heavy (non-hydrogen) atoms. The first kappa shape index (κ1) is 17.1. The van der Waals surface area contributed by atoms with Crippen molar-refractivity contribution >= 4 is 12.0 Å². The molecule has 1 heterocycles. The van der Waals surface area contributed by atoms with Crippen molar-refractivity contribution in [3.05, 3.63) is 11.3 Å². The van der Waals surface area contributed by atoms with Gasteiger partial charge in [0.25, 0.3) is 0 Å². The second-order valence-electron chi connectivity index (χ2n) is 6.24. The van der Waals surface area contributed by atoms with Crippen molar-refractivity contribution in [3.63, 3.8) is 0 Å². The van der Waals surface area contributed by atoms with E-state index in [4.69, 9.17) is 5.11 Å². The Morgan fingerprint density at radius 2 is 1.82 bits per heavy atom. The van der Waals surface area contributed by atoms with Gasteiger partial charge >= 0.3 is 0 Å². The predicted octanol–water partition coefficient (Wildman–Crippen LogP) is 0.478. The normalized spacial score (nSPS) is 25.4. The fraction of sp³-hybridized carbons (Fsp3) is 0.750. The zero-order valence-corrected chi connectivity index (χ0v) is 13.4. The molecular weight excluding hydrogens is 282 g/mol. The first-order valence-electron chi connectivity index (χ1n) is 8.11. The van der Waals surface area contributed by atoms with E-state index < -0.39 is 0 Å². The van der Waals surface area contributed by atoms with Crippen molar-refractivity contribution in [2.75, 3.05) is 52.4 Å². The van der Waals surface area contributed by atoms with Crippen molar-refractivity contribution in [2.45, 2.75) is 19.8 Å². The number of nitrogens with zero attached hydrogens (tertiary/aromatic N) is 3. The number of Topliss-reactive ketones (excluding diaryl/α,β-unsaturated/α-hetero) is 1. The summed E-state index contributed by atoms with van der Waals surface area (Å²) in [6.07, 6.45) is 2.61. The zero-order chi connectivity index (χ0) is 15.9. The molecule has 2 rings (SSSR count). The molecule has 0 aromatic rings. The molecule has 0 aromatic carbocycles. The zero-order valence-electron chi connectivity index (χ0n) is 13.4. The summed E-state index contributed by atoms with van der Waals surface area (Å²) < 4.78 is 0. The standard InChI is InChI=1S/C16H27N3O3/c1-13-10-15(21)14(16(22)11-13)12-17-2-3-18-4-6-19(7-5-18)8-9-20/h12-13,20-21H,2-11H2,1H3. The van der Waals surface area contributed by atoms with Crippen LogP contribution < -0.4 is 0 Å². The monoisotopic (exact) mass is 309 g/mol. The average Bonchev–Trinajstić information content (AvgIpc) is 2.47. The number of piperazine rings is 1. The molecule has 1 fully saturated rings. The quantitative estimate of drug-likeness (QED) is 0.698. The van der Waals surface area contributed by atoms with Crippen molar-refractivity contribution in [3.8, 4) is 0 Å². The van der Waals surface area contributed by atoms with Crippen molar-refractivity contribution in [1.29, 1.82) is 0 Å². The van der Waals surface area contributed by atoms with Crippen LogP contribution in [-0.2, 0) is 4.79 Å². The summed E-state index contributed by atoms with van der Waals surface area (Å²) in [6, 6.07) is 0. The van der Waals surface area contributed by atoms with E-state index in [1.807, 2.05) is 6.92 Å². The van der Waals surface area contributed by atoms with Crippen molar-refractivity contribution < 1.29 is 15.0 Å². The molecule has 6 heteroatoms. The Kier molecular flexibility index (Phi) is 6.54. The minimum atomic E-state index is -0.00221. The lowest BCUT2D eigenvalue weighted by atomic mass is 9.89. The minimum absolute atomic E-state index is 0.00221. The summed E-state index contributed by atoms with van der Waals surface area (Å²) in [5.74, 6) is 0.405. The summed E-state index contributed by atoms with van der Waals surface area (Å²) in [5.41, 5.74) is 0.394. The number of aliphatic hydroxyl groups excluding tert-OH is 2. The maximum atomic E-state index is 11.9. The lowest BCUT2D eigenvalue weighted by Crippen LogP contribution is -2.47. The maximum absolute atomic E-state index is 11.9. The number of aliphatic imine (C=N–C) groups is 1. The Bertz CT molecular complexity index is 440. The van der Waals surface area contributed by atoms with E-state index in [9.17, 15) is 9.90 Å². The number of hydrogen-bond donors (Lipinski definition) is 2.